The van der Waals surface area contributed by atoms with E-state index in [1.807, 2.05) is 29.2 Å². The number of hydrogen-bond donors (Lipinski definition) is 0. The highest BCUT2D eigenvalue weighted by Crippen LogP contribution is 2.63. The number of anilines is 1. The molecule has 5 rings (SSSR count). The van der Waals surface area contributed by atoms with Crippen LogP contribution < -0.4 is 4.31 Å². The van der Waals surface area contributed by atoms with Crippen molar-refractivity contribution in [2.24, 2.45) is 11.3 Å². The highest BCUT2D eigenvalue weighted by Gasteiger charge is 2.59. The summed E-state index contributed by atoms with van der Waals surface area (Å²) in [6.07, 6.45) is 8.09. The number of para-hydroxylation sites is 1. The number of sulfonamides is 1. The van der Waals surface area contributed by atoms with Gasteiger partial charge in [0.1, 0.15) is 0 Å². The Hall–Kier alpha value is -1.56. The number of likely N-dealkylation sites (tertiary alicyclic amines) is 1. The van der Waals surface area contributed by atoms with Gasteiger partial charge in [-0.2, -0.15) is 0 Å². The molecule has 5 nitrogen and oxygen atoms in total. The minimum Gasteiger partial charge on any atom is -0.341 e. The molecular formula is C21H28N2O3S. The predicted molar refractivity (Wildman–Crippen MR) is 105 cm³/mol. The molecule has 0 bridgehead atoms. The smallest absolute Gasteiger partial charge is 0.239 e. The van der Waals surface area contributed by atoms with Crippen LogP contribution in [0.4, 0.5) is 5.69 Å². The largest absolute Gasteiger partial charge is 0.341 e. The molecule has 1 saturated heterocycles. The first-order chi connectivity index (χ1) is 13.0. The Morgan fingerprint density at radius 1 is 1.07 bits per heavy atom. The van der Waals surface area contributed by atoms with Crippen molar-refractivity contribution in [2.45, 2.75) is 56.6 Å². The Bertz CT molecular complexity index is 860. The first kappa shape index (κ1) is 17.5. The number of rotatable bonds is 3. The second-order valence-electron chi connectivity index (χ2n) is 8.87. The quantitative estimate of drug-likeness (QED) is 0.800. The third-order valence-corrected chi connectivity index (χ3v) is 9.57. The maximum absolute atomic E-state index is 13.3. The van der Waals surface area contributed by atoms with Gasteiger partial charge in [-0.3, -0.25) is 9.10 Å². The van der Waals surface area contributed by atoms with Crippen molar-refractivity contribution >= 4 is 21.6 Å². The Balaban J connectivity index is 1.32. The zero-order chi connectivity index (χ0) is 18.6. The average molecular weight is 389 g/mol. The normalized spacial score (nSPS) is 29.2. The monoisotopic (exact) mass is 388 g/mol. The Labute approximate surface area is 161 Å². The van der Waals surface area contributed by atoms with Gasteiger partial charge in [0, 0.05) is 25.6 Å². The van der Waals surface area contributed by atoms with Crippen molar-refractivity contribution in [1.29, 1.82) is 0 Å². The maximum Gasteiger partial charge on any atom is 0.239 e. The van der Waals surface area contributed by atoms with Crippen LogP contribution in [0.5, 0.6) is 0 Å². The van der Waals surface area contributed by atoms with Gasteiger partial charge >= 0.3 is 0 Å². The molecule has 6 heteroatoms. The van der Waals surface area contributed by atoms with Crippen LogP contribution in [-0.2, 0) is 21.2 Å². The molecule has 2 saturated carbocycles. The number of amides is 1. The maximum atomic E-state index is 13.3. The topological polar surface area (TPSA) is 57.7 Å². The van der Waals surface area contributed by atoms with Crippen molar-refractivity contribution < 1.29 is 13.2 Å². The van der Waals surface area contributed by atoms with Crippen molar-refractivity contribution in [2.75, 3.05) is 23.9 Å². The standard InChI is InChI=1S/C21H28N2O3S/c24-20(18-14-21(18)10-3-4-11-21)22-12-5-7-17(15-22)27(25,26)23-13-9-16-6-1-2-8-19(16)23/h1-2,6,8,17-18H,3-5,7,9-15H2. The van der Waals surface area contributed by atoms with E-state index in [0.717, 1.165) is 30.5 Å². The molecule has 2 aliphatic heterocycles. The SMILES string of the molecule is O=C(C1CC12CCCC2)N1CCCC(S(=O)(=O)N2CCc3ccccc32)C1. The molecule has 0 aromatic heterocycles. The van der Waals surface area contributed by atoms with E-state index in [1.54, 1.807) is 4.31 Å². The van der Waals surface area contributed by atoms with Gasteiger partial charge in [-0.25, -0.2) is 8.42 Å². The fourth-order valence-corrected chi connectivity index (χ4v) is 7.67. The number of carbonyl (C=O) groups excluding carboxylic acids is 1. The van der Waals surface area contributed by atoms with Gasteiger partial charge < -0.3 is 4.90 Å². The van der Waals surface area contributed by atoms with Crippen LogP contribution in [0.25, 0.3) is 0 Å². The summed E-state index contributed by atoms with van der Waals surface area (Å²) < 4.78 is 28.3. The predicted octanol–water partition coefficient (Wildman–Crippen LogP) is 2.95. The molecule has 1 spiro atoms. The molecule has 2 atom stereocenters. The van der Waals surface area contributed by atoms with Crippen LogP contribution in [0.2, 0.25) is 0 Å². The molecule has 27 heavy (non-hydrogen) atoms. The Morgan fingerprint density at radius 2 is 1.85 bits per heavy atom. The second-order valence-corrected chi connectivity index (χ2v) is 11.0. The number of hydrogen-bond acceptors (Lipinski definition) is 3. The summed E-state index contributed by atoms with van der Waals surface area (Å²) >= 11 is 0. The number of piperidine rings is 1. The van der Waals surface area contributed by atoms with Crippen molar-refractivity contribution in [3.8, 4) is 0 Å². The lowest BCUT2D eigenvalue weighted by molar-refractivity contribution is -0.134. The summed E-state index contributed by atoms with van der Waals surface area (Å²) in [6, 6.07) is 7.78. The minimum absolute atomic E-state index is 0.161. The first-order valence-electron chi connectivity index (χ1n) is 10.4. The molecule has 4 aliphatic rings. The second kappa shape index (κ2) is 6.23. The molecule has 2 aliphatic carbocycles. The van der Waals surface area contributed by atoms with Crippen molar-refractivity contribution in [3.63, 3.8) is 0 Å². The fourth-order valence-electron chi connectivity index (χ4n) is 5.68. The molecule has 1 aromatic carbocycles. The lowest BCUT2D eigenvalue weighted by atomic mass is 10.0. The van der Waals surface area contributed by atoms with Crippen LogP contribution in [0, 0.1) is 11.3 Å². The molecule has 146 valence electrons. The van der Waals surface area contributed by atoms with E-state index in [1.165, 1.54) is 25.7 Å². The number of nitrogens with zero attached hydrogens (tertiary/aromatic N) is 2. The van der Waals surface area contributed by atoms with Crippen LogP contribution >= 0.6 is 0 Å². The van der Waals surface area contributed by atoms with Gasteiger partial charge in [0.25, 0.3) is 0 Å². The highest BCUT2D eigenvalue weighted by molar-refractivity contribution is 7.93. The van der Waals surface area contributed by atoms with E-state index in [0.29, 0.717) is 26.1 Å². The van der Waals surface area contributed by atoms with E-state index in [9.17, 15) is 13.2 Å². The molecule has 2 unspecified atom stereocenters. The molecule has 1 amide bonds. The summed E-state index contributed by atoms with van der Waals surface area (Å²) in [5.74, 6) is 0.382. The average Bonchev–Trinajstić information content (AvgIpc) is 3.01. The van der Waals surface area contributed by atoms with E-state index in [-0.39, 0.29) is 17.2 Å². The van der Waals surface area contributed by atoms with Crippen LogP contribution in [0.1, 0.15) is 50.5 Å². The molecular weight excluding hydrogens is 360 g/mol. The third kappa shape index (κ3) is 2.79. The summed E-state index contributed by atoms with van der Waals surface area (Å²) in [7, 11) is -3.43. The van der Waals surface area contributed by atoms with Gasteiger partial charge in [-0.15, -0.1) is 0 Å². The molecule has 0 radical (unpaired) electrons. The Morgan fingerprint density at radius 3 is 2.67 bits per heavy atom. The first-order valence-corrected chi connectivity index (χ1v) is 11.9. The summed E-state index contributed by atoms with van der Waals surface area (Å²) in [4.78, 5) is 14.9. The van der Waals surface area contributed by atoms with Gasteiger partial charge in [0.2, 0.25) is 15.9 Å². The Kier molecular flexibility index (Phi) is 4.04. The highest BCUT2D eigenvalue weighted by atomic mass is 32.2. The molecule has 1 aromatic rings. The van der Waals surface area contributed by atoms with E-state index in [2.05, 4.69) is 0 Å². The van der Waals surface area contributed by atoms with Crippen LogP contribution in [0.3, 0.4) is 0 Å². The molecule has 2 heterocycles. The summed E-state index contributed by atoms with van der Waals surface area (Å²) in [5.41, 5.74) is 2.20. The van der Waals surface area contributed by atoms with E-state index in [4.69, 9.17) is 0 Å². The van der Waals surface area contributed by atoms with Crippen molar-refractivity contribution in [3.05, 3.63) is 29.8 Å². The lowest BCUT2D eigenvalue weighted by Crippen LogP contribution is -2.50. The molecule has 3 fully saturated rings. The van der Waals surface area contributed by atoms with Crippen LogP contribution in [0.15, 0.2) is 24.3 Å². The van der Waals surface area contributed by atoms with E-state index >= 15 is 0 Å². The summed E-state index contributed by atoms with van der Waals surface area (Å²) in [5, 5.41) is -0.473. The fraction of sp³-hybridized carbons (Fsp3) is 0.667. The summed E-state index contributed by atoms with van der Waals surface area (Å²) in [6.45, 7) is 1.61. The third-order valence-electron chi connectivity index (χ3n) is 7.35. The van der Waals surface area contributed by atoms with Gasteiger partial charge in [-0.1, -0.05) is 31.0 Å². The van der Waals surface area contributed by atoms with Crippen LogP contribution in [-0.4, -0.2) is 44.1 Å². The lowest BCUT2D eigenvalue weighted by Gasteiger charge is -2.35. The minimum atomic E-state index is -3.43. The van der Waals surface area contributed by atoms with E-state index < -0.39 is 15.3 Å². The van der Waals surface area contributed by atoms with Gasteiger partial charge in [0.15, 0.2) is 0 Å². The number of carbonyl (C=O) groups is 1. The number of fused-ring (bicyclic) bond motifs is 1. The van der Waals surface area contributed by atoms with Gasteiger partial charge in [-0.05, 0) is 55.6 Å². The van der Waals surface area contributed by atoms with Crippen molar-refractivity contribution in [1.82, 2.24) is 4.90 Å². The zero-order valence-electron chi connectivity index (χ0n) is 15.8. The van der Waals surface area contributed by atoms with Gasteiger partial charge in [0.05, 0.1) is 10.9 Å². The molecule has 0 N–H and O–H groups in total. The number of benzene rings is 1. The zero-order valence-corrected chi connectivity index (χ0v) is 16.6.